The molecule has 0 aromatic heterocycles. The van der Waals surface area contributed by atoms with Gasteiger partial charge in [0.05, 0.1) is 12.1 Å². The van der Waals surface area contributed by atoms with Crippen LogP contribution in [0.15, 0.2) is 46.9 Å². The van der Waals surface area contributed by atoms with E-state index < -0.39 is 17.6 Å². The molecule has 0 saturated carbocycles. The SMILES string of the molecule is CN(CC(=O)NNC(=O)c1ccccc1Br)Cc1c(F)cccc1Cl. The zero-order valence-corrected chi connectivity index (χ0v) is 15.7. The highest BCUT2D eigenvalue weighted by Crippen LogP contribution is 2.20. The number of likely N-dealkylation sites (N-methyl/N-ethyl adjacent to an activating group) is 1. The molecule has 0 heterocycles. The predicted molar refractivity (Wildman–Crippen MR) is 97.5 cm³/mol. The lowest BCUT2D eigenvalue weighted by atomic mass is 10.2. The molecule has 0 bridgehead atoms. The normalized spacial score (nSPS) is 10.6. The molecule has 0 spiro atoms. The number of hydrazine groups is 1. The molecular formula is C17H16BrClFN3O2. The highest BCUT2D eigenvalue weighted by molar-refractivity contribution is 9.10. The molecule has 0 aliphatic carbocycles. The molecule has 0 aliphatic rings. The van der Waals surface area contributed by atoms with E-state index in [4.69, 9.17) is 11.6 Å². The summed E-state index contributed by atoms with van der Waals surface area (Å²) in [5.41, 5.74) is 5.38. The van der Waals surface area contributed by atoms with Crippen LogP contribution in [0.5, 0.6) is 0 Å². The number of halogens is 3. The summed E-state index contributed by atoms with van der Waals surface area (Å²) in [5.74, 6) is -1.31. The molecule has 8 heteroatoms. The smallest absolute Gasteiger partial charge is 0.270 e. The quantitative estimate of drug-likeness (QED) is 0.719. The van der Waals surface area contributed by atoms with Gasteiger partial charge in [0, 0.05) is 21.6 Å². The number of nitrogens with zero attached hydrogens (tertiary/aromatic N) is 1. The third-order valence-electron chi connectivity index (χ3n) is 3.34. The fourth-order valence-corrected chi connectivity index (χ4v) is 2.82. The molecule has 0 aliphatic heterocycles. The average Bonchev–Trinajstić information content (AvgIpc) is 2.56. The number of carbonyl (C=O) groups is 2. The second kappa shape index (κ2) is 8.94. The largest absolute Gasteiger partial charge is 0.293 e. The Morgan fingerprint density at radius 3 is 2.56 bits per heavy atom. The number of hydrogen-bond donors (Lipinski definition) is 2. The van der Waals surface area contributed by atoms with E-state index in [0.717, 1.165) is 0 Å². The van der Waals surface area contributed by atoms with E-state index in [1.54, 1.807) is 42.3 Å². The summed E-state index contributed by atoms with van der Waals surface area (Å²) in [4.78, 5) is 25.5. The second-order valence-corrected chi connectivity index (χ2v) is 6.62. The summed E-state index contributed by atoms with van der Waals surface area (Å²) >= 11 is 9.23. The van der Waals surface area contributed by atoms with E-state index in [1.165, 1.54) is 12.1 Å². The van der Waals surface area contributed by atoms with Gasteiger partial charge in [0.25, 0.3) is 11.8 Å². The fourth-order valence-electron chi connectivity index (χ4n) is 2.13. The molecule has 2 N–H and O–H groups in total. The van der Waals surface area contributed by atoms with Gasteiger partial charge >= 0.3 is 0 Å². The Kier molecular flexibility index (Phi) is 6.92. The van der Waals surface area contributed by atoms with Crippen LogP contribution in [0.1, 0.15) is 15.9 Å². The zero-order chi connectivity index (χ0) is 18.4. The van der Waals surface area contributed by atoms with Gasteiger partial charge in [-0.1, -0.05) is 29.8 Å². The maximum atomic E-state index is 13.8. The van der Waals surface area contributed by atoms with Crippen molar-refractivity contribution < 1.29 is 14.0 Å². The number of carbonyl (C=O) groups excluding carboxylic acids is 2. The summed E-state index contributed by atoms with van der Waals surface area (Å²) in [6, 6.07) is 11.3. The molecule has 0 unspecified atom stereocenters. The highest BCUT2D eigenvalue weighted by Gasteiger charge is 2.14. The molecule has 2 amide bonds. The van der Waals surface area contributed by atoms with Crippen LogP contribution in [0.3, 0.4) is 0 Å². The first-order chi connectivity index (χ1) is 11.9. The molecule has 25 heavy (non-hydrogen) atoms. The molecule has 2 rings (SSSR count). The van der Waals surface area contributed by atoms with Crippen molar-refractivity contribution in [2.45, 2.75) is 6.54 Å². The van der Waals surface area contributed by atoms with Crippen molar-refractivity contribution in [3.05, 3.63) is 68.9 Å². The van der Waals surface area contributed by atoms with E-state index in [0.29, 0.717) is 20.6 Å². The van der Waals surface area contributed by atoms with Gasteiger partial charge < -0.3 is 0 Å². The lowest BCUT2D eigenvalue weighted by molar-refractivity contribution is -0.122. The van der Waals surface area contributed by atoms with Gasteiger partial charge in [-0.3, -0.25) is 25.3 Å². The van der Waals surface area contributed by atoms with Gasteiger partial charge in [-0.2, -0.15) is 0 Å². The van der Waals surface area contributed by atoms with Gasteiger partial charge in [0.2, 0.25) is 0 Å². The van der Waals surface area contributed by atoms with Gasteiger partial charge in [-0.15, -0.1) is 0 Å². The Morgan fingerprint density at radius 1 is 1.16 bits per heavy atom. The standard InChI is InChI=1S/C17H16BrClFN3O2/c1-23(9-12-14(19)7-4-8-15(12)20)10-16(24)21-22-17(25)11-5-2-3-6-13(11)18/h2-8H,9-10H2,1H3,(H,21,24)(H,22,25). The average molecular weight is 429 g/mol. The number of amides is 2. The molecule has 0 atom stereocenters. The van der Waals surface area contributed by atoms with E-state index in [1.807, 2.05) is 0 Å². The summed E-state index contributed by atoms with van der Waals surface area (Å²) in [5, 5.41) is 0.300. The van der Waals surface area contributed by atoms with Crippen molar-refractivity contribution in [3.63, 3.8) is 0 Å². The van der Waals surface area contributed by atoms with Crippen molar-refractivity contribution in [3.8, 4) is 0 Å². The van der Waals surface area contributed by atoms with E-state index in [-0.39, 0.29) is 13.1 Å². The van der Waals surface area contributed by atoms with Gasteiger partial charge in [0.1, 0.15) is 5.82 Å². The Balaban J connectivity index is 1.86. The van der Waals surface area contributed by atoms with Crippen LogP contribution in [0.4, 0.5) is 4.39 Å². The summed E-state index contributed by atoms with van der Waals surface area (Å²) < 4.78 is 14.4. The molecule has 132 valence electrons. The number of hydrogen-bond acceptors (Lipinski definition) is 3. The summed E-state index contributed by atoms with van der Waals surface area (Å²) in [6.07, 6.45) is 0. The van der Waals surface area contributed by atoms with E-state index in [2.05, 4.69) is 26.8 Å². The van der Waals surface area contributed by atoms with Crippen LogP contribution in [-0.4, -0.2) is 30.3 Å². The van der Waals surface area contributed by atoms with Gasteiger partial charge in [0.15, 0.2) is 0 Å². The predicted octanol–water partition coefficient (Wildman–Crippen LogP) is 3.13. The minimum absolute atomic E-state index is 0.0408. The molecular weight excluding hydrogens is 413 g/mol. The molecule has 2 aromatic rings. The summed E-state index contributed by atoms with van der Waals surface area (Å²) in [7, 11) is 1.65. The number of rotatable bonds is 5. The third-order valence-corrected chi connectivity index (χ3v) is 4.38. The number of benzene rings is 2. The van der Waals surface area contributed by atoms with Crippen LogP contribution in [-0.2, 0) is 11.3 Å². The topological polar surface area (TPSA) is 61.4 Å². The van der Waals surface area contributed by atoms with Crippen molar-refractivity contribution in [1.29, 1.82) is 0 Å². The molecule has 5 nitrogen and oxygen atoms in total. The molecule has 2 aromatic carbocycles. The van der Waals surface area contributed by atoms with E-state index in [9.17, 15) is 14.0 Å². The Labute approximate surface area is 158 Å². The van der Waals surface area contributed by atoms with Crippen LogP contribution >= 0.6 is 27.5 Å². The Morgan fingerprint density at radius 2 is 1.88 bits per heavy atom. The van der Waals surface area contributed by atoms with Crippen LogP contribution in [0.2, 0.25) is 5.02 Å². The number of nitrogens with one attached hydrogen (secondary N) is 2. The lowest BCUT2D eigenvalue weighted by Gasteiger charge is -2.17. The van der Waals surface area contributed by atoms with Crippen molar-refractivity contribution in [2.24, 2.45) is 0 Å². The Hall–Kier alpha value is -1.96. The summed E-state index contributed by atoms with van der Waals surface area (Å²) in [6.45, 7) is 0.123. The highest BCUT2D eigenvalue weighted by atomic mass is 79.9. The molecule has 0 radical (unpaired) electrons. The third kappa shape index (κ3) is 5.52. The van der Waals surface area contributed by atoms with E-state index >= 15 is 0 Å². The first-order valence-corrected chi connectivity index (χ1v) is 8.50. The lowest BCUT2D eigenvalue weighted by Crippen LogP contribution is -2.45. The maximum absolute atomic E-state index is 13.8. The van der Waals surface area contributed by atoms with Crippen LogP contribution in [0.25, 0.3) is 0 Å². The molecule has 0 saturated heterocycles. The van der Waals surface area contributed by atoms with Gasteiger partial charge in [-0.05, 0) is 47.2 Å². The fraction of sp³-hybridized carbons (Fsp3) is 0.176. The monoisotopic (exact) mass is 427 g/mol. The zero-order valence-electron chi connectivity index (χ0n) is 13.4. The maximum Gasteiger partial charge on any atom is 0.270 e. The second-order valence-electron chi connectivity index (χ2n) is 5.35. The first-order valence-electron chi connectivity index (χ1n) is 7.33. The minimum atomic E-state index is -0.444. The van der Waals surface area contributed by atoms with Crippen LogP contribution in [0, 0.1) is 5.82 Å². The minimum Gasteiger partial charge on any atom is -0.293 e. The Bertz CT molecular complexity index is 768. The van der Waals surface area contributed by atoms with Crippen molar-refractivity contribution in [2.75, 3.05) is 13.6 Å². The molecule has 0 fully saturated rings. The first kappa shape index (κ1) is 19.4. The van der Waals surface area contributed by atoms with Gasteiger partial charge in [-0.25, -0.2) is 4.39 Å². The van der Waals surface area contributed by atoms with Crippen molar-refractivity contribution >= 4 is 39.3 Å². The van der Waals surface area contributed by atoms with Crippen LogP contribution < -0.4 is 10.9 Å². The van der Waals surface area contributed by atoms with Crippen molar-refractivity contribution in [1.82, 2.24) is 15.8 Å².